The molecule has 0 unspecified atom stereocenters. The van der Waals surface area contributed by atoms with E-state index in [1.54, 1.807) is 12.1 Å². The topological polar surface area (TPSA) is 41.1 Å². The molecule has 3 nitrogen and oxygen atoms in total. The molecule has 0 radical (unpaired) electrons. The molecule has 4 heteroatoms. The summed E-state index contributed by atoms with van der Waals surface area (Å²) in [6.07, 6.45) is 1.90. The molecule has 0 aliphatic rings. The second-order valence-electron chi connectivity index (χ2n) is 7.97. The van der Waals surface area contributed by atoms with Crippen molar-refractivity contribution in [2.45, 2.75) is 60.5 Å². The van der Waals surface area contributed by atoms with E-state index in [1.165, 1.54) is 0 Å². The lowest BCUT2D eigenvalue weighted by atomic mass is 9.94. The van der Waals surface area contributed by atoms with Gasteiger partial charge < -0.3 is 10.6 Å². The van der Waals surface area contributed by atoms with Crippen LogP contribution in [-0.4, -0.2) is 18.0 Å². The van der Waals surface area contributed by atoms with Crippen LogP contribution in [0.15, 0.2) is 35.9 Å². The van der Waals surface area contributed by atoms with Crippen molar-refractivity contribution in [3.8, 4) is 11.1 Å². The zero-order chi connectivity index (χ0) is 21.0. The Morgan fingerprint density at radius 2 is 1.68 bits per heavy atom. The molecule has 28 heavy (non-hydrogen) atoms. The molecular formula is C24H31FN2O. The van der Waals surface area contributed by atoms with Gasteiger partial charge >= 0.3 is 0 Å². The van der Waals surface area contributed by atoms with E-state index < -0.39 is 0 Å². The second-order valence-corrected chi connectivity index (χ2v) is 7.97. The fraction of sp³-hybridized carbons (Fsp3) is 0.375. The normalized spacial score (nSPS) is 11.9. The molecule has 150 valence electrons. The Labute approximate surface area is 168 Å². The first-order valence-corrected chi connectivity index (χ1v) is 9.75. The van der Waals surface area contributed by atoms with E-state index in [-0.39, 0.29) is 23.8 Å². The molecule has 0 saturated carbocycles. The lowest BCUT2D eigenvalue weighted by Gasteiger charge is -2.15. The number of hydrogen-bond acceptors (Lipinski definition) is 2. The van der Waals surface area contributed by atoms with Crippen molar-refractivity contribution in [2.75, 3.05) is 5.32 Å². The van der Waals surface area contributed by atoms with Crippen LogP contribution in [0, 0.1) is 19.7 Å². The highest BCUT2D eigenvalue weighted by Crippen LogP contribution is 2.30. The summed E-state index contributed by atoms with van der Waals surface area (Å²) in [6.45, 7) is 13.7. The zero-order valence-corrected chi connectivity index (χ0v) is 17.9. The summed E-state index contributed by atoms with van der Waals surface area (Å²) in [5, 5.41) is 6.02. The molecule has 0 aliphatic heterocycles. The van der Waals surface area contributed by atoms with Crippen LogP contribution < -0.4 is 10.6 Å². The quantitative estimate of drug-likeness (QED) is 0.615. The van der Waals surface area contributed by atoms with Crippen LogP contribution in [0.4, 0.5) is 10.1 Å². The number of aryl methyl sites for hydroxylation is 2. The highest BCUT2D eigenvalue weighted by atomic mass is 19.1. The van der Waals surface area contributed by atoms with Crippen molar-refractivity contribution in [2.24, 2.45) is 0 Å². The van der Waals surface area contributed by atoms with Crippen molar-refractivity contribution in [3.05, 3.63) is 58.4 Å². The molecule has 2 rings (SSSR count). The minimum Gasteiger partial charge on any atom is -0.381 e. The molecule has 2 aromatic rings. The molecular weight excluding hydrogens is 351 g/mol. The number of rotatable bonds is 6. The summed E-state index contributed by atoms with van der Waals surface area (Å²) in [7, 11) is 0. The van der Waals surface area contributed by atoms with E-state index in [9.17, 15) is 9.18 Å². The number of benzene rings is 2. The van der Waals surface area contributed by atoms with E-state index in [4.69, 9.17) is 0 Å². The van der Waals surface area contributed by atoms with Crippen LogP contribution >= 0.6 is 0 Å². The van der Waals surface area contributed by atoms with Gasteiger partial charge in [0.25, 0.3) is 0 Å². The smallest absolute Gasteiger partial charge is 0.247 e. The van der Waals surface area contributed by atoms with Crippen molar-refractivity contribution in [1.29, 1.82) is 0 Å². The minimum atomic E-state index is -0.256. The maximum absolute atomic E-state index is 14.5. The van der Waals surface area contributed by atoms with Gasteiger partial charge in [-0.05, 0) is 94.5 Å². The fourth-order valence-corrected chi connectivity index (χ4v) is 3.09. The maximum Gasteiger partial charge on any atom is 0.247 e. The molecule has 0 aromatic heterocycles. The van der Waals surface area contributed by atoms with Gasteiger partial charge in [-0.3, -0.25) is 4.79 Å². The standard InChI is InChI=1S/C24H31FN2O/c1-14(2)26-23-9-8-19(13-22(23)25)21-12-16(5)20(10-17(21)6)11-18(7)24(28)27-15(3)4/h8-15,26H,1-7H3,(H,27,28). The molecule has 0 heterocycles. The van der Waals surface area contributed by atoms with E-state index >= 15 is 0 Å². The third-order valence-electron chi connectivity index (χ3n) is 4.49. The van der Waals surface area contributed by atoms with Gasteiger partial charge in [-0.15, -0.1) is 0 Å². The Morgan fingerprint density at radius 3 is 2.25 bits per heavy atom. The summed E-state index contributed by atoms with van der Waals surface area (Å²) in [4.78, 5) is 12.2. The van der Waals surface area contributed by atoms with Crippen LogP contribution in [0.1, 0.15) is 51.3 Å². The third kappa shape index (κ3) is 5.44. The summed E-state index contributed by atoms with van der Waals surface area (Å²) in [6, 6.07) is 9.67. The monoisotopic (exact) mass is 382 g/mol. The molecule has 0 aliphatic carbocycles. The number of carbonyl (C=O) groups is 1. The Balaban J connectivity index is 2.36. The number of nitrogens with one attached hydrogen (secondary N) is 2. The highest BCUT2D eigenvalue weighted by molar-refractivity contribution is 5.97. The lowest BCUT2D eigenvalue weighted by molar-refractivity contribution is -0.117. The number of hydrogen-bond donors (Lipinski definition) is 2. The van der Waals surface area contributed by atoms with Gasteiger partial charge in [0, 0.05) is 17.7 Å². The van der Waals surface area contributed by atoms with Gasteiger partial charge in [0.15, 0.2) is 0 Å². The van der Waals surface area contributed by atoms with Crippen molar-refractivity contribution in [3.63, 3.8) is 0 Å². The molecule has 0 fully saturated rings. The molecule has 1 amide bonds. The maximum atomic E-state index is 14.5. The van der Waals surface area contributed by atoms with Crippen LogP contribution in [0.2, 0.25) is 0 Å². The van der Waals surface area contributed by atoms with Gasteiger partial charge in [0.1, 0.15) is 5.82 Å². The highest BCUT2D eigenvalue weighted by Gasteiger charge is 2.11. The Kier molecular flexibility index (Phi) is 7.00. The van der Waals surface area contributed by atoms with Crippen LogP contribution in [0.3, 0.4) is 0 Å². The second kappa shape index (κ2) is 9.05. The first kappa shape index (κ1) is 21.7. The van der Waals surface area contributed by atoms with Crippen LogP contribution in [0.5, 0.6) is 0 Å². The molecule has 2 aromatic carbocycles. The minimum absolute atomic E-state index is 0.0635. The number of amides is 1. The Morgan fingerprint density at radius 1 is 1.00 bits per heavy atom. The van der Waals surface area contributed by atoms with Gasteiger partial charge in [-0.25, -0.2) is 4.39 Å². The first-order valence-electron chi connectivity index (χ1n) is 9.75. The summed E-state index contributed by atoms with van der Waals surface area (Å²) >= 11 is 0. The Bertz CT molecular complexity index is 898. The largest absolute Gasteiger partial charge is 0.381 e. The number of halogens is 1. The number of carbonyl (C=O) groups excluding carboxylic acids is 1. The van der Waals surface area contributed by atoms with Gasteiger partial charge in [-0.2, -0.15) is 0 Å². The van der Waals surface area contributed by atoms with Gasteiger partial charge in [-0.1, -0.05) is 18.2 Å². The first-order chi connectivity index (χ1) is 13.1. The van der Waals surface area contributed by atoms with Crippen LogP contribution in [0.25, 0.3) is 17.2 Å². The molecule has 0 atom stereocenters. The van der Waals surface area contributed by atoms with Crippen molar-refractivity contribution < 1.29 is 9.18 Å². The number of anilines is 1. The average molecular weight is 383 g/mol. The molecule has 0 bridgehead atoms. The summed E-state index contributed by atoms with van der Waals surface area (Å²) in [5.74, 6) is -0.320. The molecule has 2 N–H and O–H groups in total. The zero-order valence-electron chi connectivity index (χ0n) is 17.9. The summed E-state index contributed by atoms with van der Waals surface area (Å²) in [5.41, 5.74) is 6.10. The van der Waals surface area contributed by atoms with Gasteiger partial charge in [0.05, 0.1) is 5.69 Å². The predicted molar refractivity (Wildman–Crippen MR) is 117 cm³/mol. The van der Waals surface area contributed by atoms with E-state index in [2.05, 4.69) is 22.8 Å². The lowest BCUT2D eigenvalue weighted by Crippen LogP contribution is -2.30. The summed E-state index contributed by atoms with van der Waals surface area (Å²) < 4.78 is 14.5. The Hall–Kier alpha value is -2.62. The van der Waals surface area contributed by atoms with Crippen molar-refractivity contribution >= 4 is 17.7 Å². The van der Waals surface area contributed by atoms with Gasteiger partial charge in [0.2, 0.25) is 5.91 Å². The molecule has 0 spiro atoms. The van der Waals surface area contributed by atoms with E-state index in [1.807, 2.05) is 60.6 Å². The van der Waals surface area contributed by atoms with E-state index in [0.29, 0.717) is 11.3 Å². The van der Waals surface area contributed by atoms with Crippen LogP contribution in [-0.2, 0) is 4.79 Å². The molecule has 0 saturated heterocycles. The SMILES string of the molecule is CC(=Cc1cc(C)c(-c2ccc(NC(C)C)c(F)c2)cc1C)C(=O)NC(C)C. The fourth-order valence-electron chi connectivity index (χ4n) is 3.09. The third-order valence-corrected chi connectivity index (χ3v) is 4.49. The average Bonchev–Trinajstić information content (AvgIpc) is 2.58. The van der Waals surface area contributed by atoms with Crippen molar-refractivity contribution in [1.82, 2.24) is 5.32 Å². The predicted octanol–water partition coefficient (Wildman–Crippen LogP) is 5.86. The van der Waals surface area contributed by atoms with E-state index in [0.717, 1.165) is 27.8 Å².